The highest BCUT2D eigenvalue weighted by Crippen LogP contribution is 2.34. The van der Waals surface area contributed by atoms with E-state index in [4.69, 9.17) is 5.11 Å². The molecule has 0 saturated heterocycles. The number of fused-ring (bicyclic) bond motifs is 1. The van der Waals surface area contributed by atoms with Gasteiger partial charge in [0, 0.05) is 10.3 Å². The molecule has 0 aliphatic rings. The molecular weight excluding hydrogens is 184 g/mol. The Morgan fingerprint density at radius 2 is 2.15 bits per heavy atom. The fraction of sp³-hybridized carbons (Fsp3) is 0.200. The van der Waals surface area contributed by atoms with E-state index in [1.807, 2.05) is 13.0 Å². The predicted octanol–water partition coefficient (Wildman–Crippen LogP) is 2.41. The van der Waals surface area contributed by atoms with E-state index in [9.17, 15) is 5.11 Å². The van der Waals surface area contributed by atoms with E-state index in [0.29, 0.717) is 5.75 Å². The highest BCUT2D eigenvalue weighted by atomic mass is 32.1. The van der Waals surface area contributed by atoms with Crippen molar-refractivity contribution in [3.05, 3.63) is 28.6 Å². The summed E-state index contributed by atoms with van der Waals surface area (Å²) in [6.07, 6.45) is 0. The Bertz CT molecular complexity index is 445. The predicted molar refractivity (Wildman–Crippen MR) is 54.1 cm³/mol. The zero-order chi connectivity index (χ0) is 9.42. The third-order valence-electron chi connectivity index (χ3n) is 2.05. The molecule has 13 heavy (non-hydrogen) atoms. The molecule has 2 rings (SSSR count). The summed E-state index contributed by atoms with van der Waals surface area (Å²) < 4.78 is 0.865. The number of aliphatic hydroxyl groups excluding tert-OH is 1. The van der Waals surface area contributed by atoms with Crippen LogP contribution in [-0.2, 0) is 6.61 Å². The second kappa shape index (κ2) is 3.01. The maximum Gasteiger partial charge on any atom is 0.133 e. The highest BCUT2D eigenvalue weighted by molar-refractivity contribution is 7.19. The number of aromatic hydroxyl groups is 1. The van der Waals surface area contributed by atoms with Gasteiger partial charge in [0.25, 0.3) is 0 Å². The summed E-state index contributed by atoms with van der Waals surface area (Å²) in [5.41, 5.74) is 0.872. The molecule has 0 unspecified atom stereocenters. The van der Waals surface area contributed by atoms with Crippen LogP contribution in [0.5, 0.6) is 5.75 Å². The summed E-state index contributed by atoms with van der Waals surface area (Å²) in [5, 5.41) is 19.6. The number of phenolic OH excluding ortho intramolecular Hbond substituents is 1. The Labute approximate surface area is 80.1 Å². The fourth-order valence-corrected chi connectivity index (χ4v) is 2.40. The average Bonchev–Trinajstić information content (AvgIpc) is 2.48. The molecule has 1 heterocycles. The van der Waals surface area contributed by atoms with Crippen LogP contribution >= 0.6 is 11.3 Å². The van der Waals surface area contributed by atoms with E-state index >= 15 is 0 Å². The van der Waals surface area contributed by atoms with Crippen LogP contribution in [0, 0.1) is 6.92 Å². The Hall–Kier alpha value is -1.06. The van der Waals surface area contributed by atoms with Crippen LogP contribution in [-0.4, -0.2) is 10.2 Å². The van der Waals surface area contributed by atoms with Gasteiger partial charge < -0.3 is 10.2 Å². The summed E-state index contributed by atoms with van der Waals surface area (Å²) in [7, 11) is 0. The van der Waals surface area contributed by atoms with Crippen molar-refractivity contribution >= 4 is 21.4 Å². The number of hydrogen-bond acceptors (Lipinski definition) is 3. The van der Waals surface area contributed by atoms with Crippen LogP contribution in [0.1, 0.15) is 10.4 Å². The number of hydrogen-bond donors (Lipinski definition) is 2. The quantitative estimate of drug-likeness (QED) is 0.731. The average molecular weight is 194 g/mol. The van der Waals surface area contributed by atoms with Crippen molar-refractivity contribution in [2.45, 2.75) is 13.5 Å². The molecule has 0 aliphatic carbocycles. The molecule has 68 valence electrons. The lowest BCUT2D eigenvalue weighted by atomic mass is 10.1. The normalized spacial score (nSPS) is 10.9. The second-order valence-electron chi connectivity index (χ2n) is 3.00. The summed E-state index contributed by atoms with van der Waals surface area (Å²) in [5.74, 6) is 0.297. The molecule has 0 fully saturated rings. The van der Waals surface area contributed by atoms with E-state index < -0.39 is 0 Å². The maximum absolute atomic E-state index is 9.53. The lowest BCUT2D eigenvalue weighted by molar-refractivity contribution is 0.283. The number of benzene rings is 1. The minimum atomic E-state index is 0.0208. The SMILES string of the molecule is Cc1cc2c(CO)ccc(O)c2s1. The lowest BCUT2D eigenvalue weighted by Gasteiger charge is -1.99. The topological polar surface area (TPSA) is 40.5 Å². The van der Waals surface area contributed by atoms with Crippen molar-refractivity contribution in [2.24, 2.45) is 0 Å². The largest absolute Gasteiger partial charge is 0.506 e. The number of aryl methyl sites for hydroxylation is 1. The Balaban J connectivity index is 2.83. The van der Waals surface area contributed by atoms with E-state index in [1.165, 1.54) is 0 Å². The molecule has 2 N–H and O–H groups in total. The fourth-order valence-electron chi connectivity index (χ4n) is 1.43. The van der Waals surface area contributed by atoms with Gasteiger partial charge in [-0.15, -0.1) is 11.3 Å². The minimum absolute atomic E-state index is 0.0208. The second-order valence-corrected chi connectivity index (χ2v) is 4.26. The van der Waals surface area contributed by atoms with Gasteiger partial charge >= 0.3 is 0 Å². The van der Waals surface area contributed by atoms with Crippen LogP contribution in [0.15, 0.2) is 18.2 Å². The number of aliphatic hydroxyl groups is 1. The molecule has 2 aromatic rings. The molecule has 0 spiro atoms. The molecule has 2 nitrogen and oxygen atoms in total. The molecule has 0 bridgehead atoms. The third kappa shape index (κ3) is 1.30. The molecule has 0 radical (unpaired) electrons. The first-order valence-corrected chi connectivity index (χ1v) is 4.86. The minimum Gasteiger partial charge on any atom is -0.506 e. The van der Waals surface area contributed by atoms with Crippen LogP contribution in [0.3, 0.4) is 0 Å². The Morgan fingerprint density at radius 3 is 2.85 bits per heavy atom. The lowest BCUT2D eigenvalue weighted by Crippen LogP contribution is -1.82. The monoisotopic (exact) mass is 194 g/mol. The molecule has 0 amide bonds. The van der Waals surface area contributed by atoms with Gasteiger partial charge in [-0.2, -0.15) is 0 Å². The van der Waals surface area contributed by atoms with Crippen molar-refractivity contribution in [1.82, 2.24) is 0 Å². The van der Waals surface area contributed by atoms with Crippen molar-refractivity contribution in [1.29, 1.82) is 0 Å². The van der Waals surface area contributed by atoms with Crippen molar-refractivity contribution < 1.29 is 10.2 Å². The molecule has 0 saturated carbocycles. The van der Waals surface area contributed by atoms with Crippen LogP contribution in [0.4, 0.5) is 0 Å². The molecular formula is C10H10O2S. The highest BCUT2D eigenvalue weighted by Gasteiger charge is 2.07. The number of thiophene rings is 1. The number of phenols is 1. The van der Waals surface area contributed by atoms with E-state index in [0.717, 1.165) is 20.5 Å². The molecule has 1 aromatic carbocycles. The number of rotatable bonds is 1. The van der Waals surface area contributed by atoms with Crippen LogP contribution in [0.25, 0.3) is 10.1 Å². The van der Waals surface area contributed by atoms with Gasteiger partial charge in [-0.3, -0.25) is 0 Å². The summed E-state index contributed by atoms with van der Waals surface area (Å²) in [6.45, 7) is 2.01. The van der Waals surface area contributed by atoms with Gasteiger partial charge in [0.1, 0.15) is 5.75 Å². The van der Waals surface area contributed by atoms with Gasteiger partial charge in [-0.1, -0.05) is 6.07 Å². The first kappa shape index (κ1) is 8.53. The smallest absolute Gasteiger partial charge is 0.133 e. The molecule has 1 aromatic heterocycles. The Kier molecular flexibility index (Phi) is 1.98. The molecule has 0 aliphatic heterocycles. The van der Waals surface area contributed by atoms with E-state index in [-0.39, 0.29) is 6.61 Å². The van der Waals surface area contributed by atoms with E-state index in [1.54, 1.807) is 23.5 Å². The van der Waals surface area contributed by atoms with Crippen molar-refractivity contribution in [3.63, 3.8) is 0 Å². The van der Waals surface area contributed by atoms with Gasteiger partial charge in [0.05, 0.1) is 11.3 Å². The van der Waals surface area contributed by atoms with Crippen molar-refractivity contribution in [3.8, 4) is 5.75 Å². The van der Waals surface area contributed by atoms with Gasteiger partial charge in [-0.05, 0) is 24.6 Å². The first-order valence-electron chi connectivity index (χ1n) is 4.04. The molecule has 3 heteroatoms. The van der Waals surface area contributed by atoms with Gasteiger partial charge in [-0.25, -0.2) is 0 Å². The third-order valence-corrected chi connectivity index (χ3v) is 3.12. The van der Waals surface area contributed by atoms with Gasteiger partial charge in [0.15, 0.2) is 0 Å². The zero-order valence-corrected chi connectivity index (χ0v) is 8.06. The van der Waals surface area contributed by atoms with E-state index in [2.05, 4.69) is 0 Å². The van der Waals surface area contributed by atoms with Crippen LogP contribution in [0.2, 0.25) is 0 Å². The first-order chi connectivity index (χ1) is 6.22. The Morgan fingerprint density at radius 1 is 1.38 bits per heavy atom. The molecule has 0 atom stereocenters. The maximum atomic E-state index is 9.53. The standard InChI is InChI=1S/C10H10O2S/c1-6-4-8-7(5-11)2-3-9(12)10(8)13-6/h2-4,11-12H,5H2,1H3. The summed E-state index contributed by atoms with van der Waals surface area (Å²) in [4.78, 5) is 1.14. The van der Waals surface area contributed by atoms with Crippen LogP contribution < -0.4 is 0 Å². The van der Waals surface area contributed by atoms with Crippen molar-refractivity contribution in [2.75, 3.05) is 0 Å². The van der Waals surface area contributed by atoms with Gasteiger partial charge in [0.2, 0.25) is 0 Å². The summed E-state index contributed by atoms with van der Waals surface area (Å²) >= 11 is 1.55. The zero-order valence-electron chi connectivity index (χ0n) is 7.24. The summed E-state index contributed by atoms with van der Waals surface area (Å²) in [6, 6.07) is 5.37.